The summed E-state index contributed by atoms with van der Waals surface area (Å²) in [4.78, 5) is 2.44. The van der Waals surface area contributed by atoms with Gasteiger partial charge in [0.15, 0.2) is 0 Å². The van der Waals surface area contributed by atoms with Gasteiger partial charge in [0.05, 0.1) is 0 Å². The Balaban J connectivity index is 0.000000231. The van der Waals surface area contributed by atoms with Crippen molar-refractivity contribution in [3.63, 3.8) is 0 Å². The maximum Gasteiger partial charge on any atom is 0.00126 e. The highest BCUT2D eigenvalue weighted by Crippen LogP contribution is 2.50. The van der Waals surface area contributed by atoms with Crippen molar-refractivity contribution in [2.24, 2.45) is 17.8 Å². The van der Waals surface area contributed by atoms with Gasteiger partial charge in [-0.05, 0) is 24.8 Å². The van der Waals surface area contributed by atoms with E-state index in [4.69, 9.17) is 0 Å². The molecule has 0 aromatic carbocycles. The number of hydrogen-bond acceptors (Lipinski definition) is 1. The van der Waals surface area contributed by atoms with E-state index in [1.54, 1.807) is 0 Å². The van der Waals surface area contributed by atoms with Gasteiger partial charge in [0.2, 0.25) is 0 Å². The maximum atomic E-state index is 2.44. The van der Waals surface area contributed by atoms with Crippen LogP contribution in [0.25, 0.3) is 0 Å². The zero-order valence-electron chi connectivity index (χ0n) is 7.59. The van der Waals surface area contributed by atoms with Gasteiger partial charge in [-0.2, -0.15) is 0 Å². The van der Waals surface area contributed by atoms with E-state index in [1.807, 2.05) is 13.8 Å². The second-order valence-electron chi connectivity index (χ2n) is 3.41. The molecule has 0 radical (unpaired) electrons. The van der Waals surface area contributed by atoms with Gasteiger partial charge in [-0.25, -0.2) is 0 Å². The van der Waals surface area contributed by atoms with Gasteiger partial charge >= 0.3 is 0 Å². The summed E-state index contributed by atoms with van der Waals surface area (Å²) in [6.07, 6.45) is 0. The predicted octanol–water partition coefficient (Wildman–Crippen LogP) is 1.84. The zero-order chi connectivity index (χ0) is 7.72. The van der Waals surface area contributed by atoms with E-state index in [-0.39, 0.29) is 0 Å². The fourth-order valence-electron chi connectivity index (χ4n) is 2.03. The first-order chi connectivity index (χ1) is 4.79. The van der Waals surface area contributed by atoms with E-state index in [0.717, 1.165) is 17.8 Å². The number of rotatable bonds is 0. The lowest BCUT2D eigenvalue weighted by molar-refractivity contribution is 0.350. The Morgan fingerprint density at radius 1 is 1.10 bits per heavy atom. The molecule has 0 bridgehead atoms. The van der Waals surface area contributed by atoms with E-state index in [1.165, 1.54) is 13.1 Å². The minimum absolute atomic E-state index is 1.06. The molecule has 0 spiro atoms. The number of fused-ring (bicyclic) bond motifs is 1. The highest BCUT2D eigenvalue weighted by atomic mass is 15.1. The van der Waals surface area contributed by atoms with Crippen molar-refractivity contribution in [2.45, 2.75) is 20.8 Å². The second kappa shape index (κ2) is 2.91. The first-order valence-corrected chi connectivity index (χ1v) is 4.47. The third-order valence-electron chi connectivity index (χ3n) is 2.80. The molecule has 2 aliphatic rings. The summed E-state index contributed by atoms with van der Waals surface area (Å²) in [7, 11) is 2.22. The molecule has 1 saturated heterocycles. The average Bonchev–Trinajstić information content (AvgIpc) is 2.45. The van der Waals surface area contributed by atoms with Crippen molar-refractivity contribution in [2.75, 3.05) is 20.1 Å². The van der Waals surface area contributed by atoms with E-state index < -0.39 is 0 Å². The van der Waals surface area contributed by atoms with Crippen LogP contribution in [0.3, 0.4) is 0 Å². The third-order valence-corrected chi connectivity index (χ3v) is 2.80. The molecule has 10 heavy (non-hydrogen) atoms. The van der Waals surface area contributed by atoms with Crippen molar-refractivity contribution < 1.29 is 0 Å². The average molecular weight is 141 g/mol. The second-order valence-corrected chi connectivity index (χ2v) is 3.41. The van der Waals surface area contributed by atoms with E-state index in [0.29, 0.717) is 0 Å². The molecule has 0 amide bonds. The van der Waals surface area contributed by atoms with Crippen LogP contribution >= 0.6 is 0 Å². The molecule has 2 rings (SSSR count). The molecule has 0 aromatic rings. The van der Waals surface area contributed by atoms with Crippen LogP contribution in [0, 0.1) is 17.8 Å². The molecule has 2 atom stereocenters. The van der Waals surface area contributed by atoms with E-state index in [2.05, 4.69) is 18.9 Å². The summed E-state index contributed by atoms with van der Waals surface area (Å²) in [5.74, 6) is 3.23. The molecule has 1 heterocycles. The van der Waals surface area contributed by atoms with Crippen LogP contribution in [0.5, 0.6) is 0 Å². The monoisotopic (exact) mass is 141 g/mol. The summed E-state index contributed by atoms with van der Waals surface area (Å²) < 4.78 is 0. The van der Waals surface area contributed by atoms with Crippen molar-refractivity contribution >= 4 is 0 Å². The first kappa shape index (κ1) is 8.06. The molecular weight excluding hydrogens is 122 g/mol. The molecule has 2 fully saturated rings. The fourth-order valence-corrected chi connectivity index (χ4v) is 2.03. The standard InChI is InChI=1S/C7H13N.C2H6/c1-5-6-3-8(2)4-7(5)6;1-2/h5-7H,3-4H2,1-2H3;1-2H3. The molecule has 1 aliphatic heterocycles. The zero-order valence-corrected chi connectivity index (χ0v) is 7.59. The molecule has 2 unspecified atom stereocenters. The van der Waals surface area contributed by atoms with Gasteiger partial charge in [-0.3, -0.25) is 0 Å². The molecule has 0 N–H and O–H groups in total. The Labute approximate surface area is 64.4 Å². The smallest absolute Gasteiger partial charge is 0.00126 e. The number of likely N-dealkylation sites (tertiary alicyclic amines) is 1. The Hall–Kier alpha value is -0.0400. The number of hydrogen-bond donors (Lipinski definition) is 0. The summed E-state index contributed by atoms with van der Waals surface area (Å²) >= 11 is 0. The summed E-state index contributed by atoms with van der Waals surface area (Å²) in [6, 6.07) is 0. The van der Waals surface area contributed by atoms with Gasteiger partial charge in [0.1, 0.15) is 0 Å². The summed E-state index contributed by atoms with van der Waals surface area (Å²) in [5, 5.41) is 0. The number of piperidine rings is 1. The highest BCUT2D eigenvalue weighted by Gasteiger charge is 2.51. The lowest BCUT2D eigenvalue weighted by Crippen LogP contribution is -2.18. The van der Waals surface area contributed by atoms with Crippen LogP contribution in [0.1, 0.15) is 20.8 Å². The Morgan fingerprint density at radius 2 is 1.50 bits per heavy atom. The topological polar surface area (TPSA) is 3.24 Å². The minimum Gasteiger partial charge on any atom is -0.306 e. The van der Waals surface area contributed by atoms with Crippen LogP contribution in [0.15, 0.2) is 0 Å². The normalized spacial score (nSPS) is 43.8. The lowest BCUT2D eigenvalue weighted by atomic mass is 10.3. The highest BCUT2D eigenvalue weighted by molar-refractivity contribution is 5.01. The van der Waals surface area contributed by atoms with Crippen LogP contribution in [-0.4, -0.2) is 25.0 Å². The van der Waals surface area contributed by atoms with Gasteiger partial charge in [-0.15, -0.1) is 0 Å². The predicted molar refractivity (Wildman–Crippen MR) is 45.0 cm³/mol. The van der Waals surface area contributed by atoms with Crippen LogP contribution in [0.2, 0.25) is 0 Å². The molecule has 1 saturated carbocycles. The van der Waals surface area contributed by atoms with Gasteiger partial charge in [0, 0.05) is 13.1 Å². The number of nitrogens with zero attached hydrogens (tertiary/aromatic N) is 1. The van der Waals surface area contributed by atoms with Crippen molar-refractivity contribution in [1.29, 1.82) is 0 Å². The Morgan fingerprint density at radius 3 is 1.80 bits per heavy atom. The third kappa shape index (κ3) is 1.20. The summed E-state index contributed by atoms with van der Waals surface area (Å²) in [6.45, 7) is 9.11. The van der Waals surface area contributed by atoms with Gasteiger partial charge < -0.3 is 4.90 Å². The van der Waals surface area contributed by atoms with E-state index in [9.17, 15) is 0 Å². The molecule has 60 valence electrons. The van der Waals surface area contributed by atoms with E-state index >= 15 is 0 Å². The van der Waals surface area contributed by atoms with Crippen molar-refractivity contribution in [3.05, 3.63) is 0 Å². The van der Waals surface area contributed by atoms with Crippen LogP contribution < -0.4 is 0 Å². The van der Waals surface area contributed by atoms with Crippen LogP contribution in [-0.2, 0) is 0 Å². The minimum atomic E-state index is 1.06. The maximum absolute atomic E-state index is 2.44. The Bertz CT molecular complexity index is 99.3. The fraction of sp³-hybridized carbons (Fsp3) is 1.00. The van der Waals surface area contributed by atoms with Gasteiger partial charge in [0.25, 0.3) is 0 Å². The molecule has 1 aliphatic carbocycles. The van der Waals surface area contributed by atoms with Crippen LogP contribution in [0.4, 0.5) is 0 Å². The molecule has 1 heteroatoms. The summed E-state index contributed by atoms with van der Waals surface area (Å²) in [5.41, 5.74) is 0. The SMILES string of the molecule is CC.CC1C2CN(C)CC12. The molecule has 0 aromatic heterocycles. The quantitative estimate of drug-likeness (QED) is 0.497. The first-order valence-electron chi connectivity index (χ1n) is 4.47. The largest absolute Gasteiger partial charge is 0.306 e. The lowest BCUT2D eigenvalue weighted by Gasteiger charge is -2.09. The van der Waals surface area contributed by atoms with Crippen molar-refractivity contribution in [1.82, 2.24) is 4.90 Å². The molecular formula is C9H19N. The Kier molecular flexibility index (Phi) is 2.35. The molecule has 1 nitrogen and oxygen atoms in total. The van der Waals surface area contributed by atoms with Crippen molar-refractivity contribution in [3.8, 4) is 0 Å². The van der Waals surface area contributed by atoms with Gasteiger partial charge in [-0.1, -0.05) is 20.8 Å².